The standard InChI is InChI=1S/C15H29NO/c1-11-8-12(2)10-13(9-11)14(16-4)15(3)6-5-7-17-15/h11-14,16H,5-10H2,1-4H3. The molecule has 0 amide bonds. The Kier molecular flexibility index (Phi) is 4.14. The maximum absolute atomic E-state index is 6.05. The SMILES string of the molecule is CNC(C1CC(C)CC(C)C1)C1(C)CCCO1. The van der Waals surface area contributed by atoms with Gasteiger partial charge in [0.1, 0.15) is 0 Å². The summed E-state index contributed by atoms with van der Waals surface area (Å²) >= 11 is 0. The lowest BCUT2D eigenvalue weighted by Crippen LogP contribution is -2.53. The van der Waals surface area contributed by atoms with Crippen molar-refractivity contribution in [3.05, 3.63) is 0 Å². The molecular weight excluding hydrogens is 210 g/mol. The second kappa shape index (κ2) is 5.27. The Balaban J connectivity index is 2.06. The molecule has 2 aliphatic rings. The van der Waals surface area contributed by atoms with E-state index in [1.54, 1.807) is 0 Å². The first kappa shape index (κ1) is 13.4. The molecule has 100 valence electrons. The molecule has 2 fully saturated rings. The molecule has 1 aliphatic heterocycles. The van der Waals surface area contributed by atoms with E-state index in [0.29, 0.717) is 6.04 Å². The zero-order valence-electron chi connectivity index (χ0n) is 12.0. The van der Waals surface area contributed by atoms with Crippen LogP contribution in [0.1, 0.15) is 52.9 Å². The molecule has 0 radical (unpaired) electrons. The minimum atomic E-state index is 0.0796. The summed E-state index contributed by atoms with van der Waals surface area (Å²) in [7, 11) is 2.11. The van der Waals surface area contributed by atoms with Crippen molar-refractivity contribution in [2.24, 2.45) is 17.8 Å². The van der Waals surface area contributed by atoms with Crippen molar-refractivity contribution in [1.29, 1.82) is 0 Å². The number of rotatable bonds is 3. The summed E-state index contributed by atoms with van der Waals surface area (Å²) in [5.41, 5.74) is 0.0796. The van der Waals surface area contributed by atoms with Crippen LogP contribution >= 0.6 is 0 Å². The Bertz CT molecular complexity index is 237. The van der Waals surface area contributed by atoms with Gasteiger partial charge in [-0.3, -0.25) is 0 Å². The molecule has 0 aromatic heterocycles. The molecule has 0 aromatic rings. The molecule has 1 N–H and O–H groups in total. The van der Waals surface area contributed by atoms with Crippen LogP contribution in [-0.2, 0) is 4.74 Å². The van der Waals surface area contributed by atoms with Crippen molar-refractivity contribution in [3.8, 4) is 0 Å². The maximum Gasteiger partial charge on any atom is 0.0810 e. The first-order valence-corrected chi connectivity index (χ1v) is 7.36. The summed E-state index contributed by atoms with van der Waals surface area (Å²) in [6.07, 6.45) is 6.60. The highest BCUT2D eigenvalue weighted by atomic mass is 16.5. The number of hydrogen-bond donors (Lipinski definition) is 1. The Hall–Kier alpha value is -0.0800. The monoisotopic (exact) mass is 239 g/mol. The summed E-state index contributed by atoms with van der Waals surface area (Å²) in [5.74, 6) is 2.55. The molecule has 1 aliphatic carbocycles. The highest BCUT2D eigenvalue weighted by Gasteiger charge is 2.43. The topological polar surface area (TPSA) is 21.3 Å². The number of nitrogens with one attached hydrogen (secondary N) is 1. The Labute approximate surface area is 107 Å². The van der Waals surface area contributed by atoms with Crippen molar-refractivity contribution in [3.63, 3.8) is 0 Å². The van der Waals surface area contributed by atoms with Crippen LogP contribution in [-0.4, -0.2) is 25.3 Å². The third-order valence-corrected chi connectivity index (χ3v) is 4.90. The predicted molar refractivity (Wildman–Crippen MR) is 72.1 cm³/mol. The van der Waals surface area contributed by atoms with Gasteiger partial charge in [-0.1, -0.05) is 13.8 Å². The van der Waals surface area contributed by atoms with Gasteiger partial charge in [-0.05, 0) is 63.8 Å². The van der Waals surface area contributed by atoms with Gasteiger partial charge in [-0.2, -0.15) is 0 Å². The quantitative estimate of drug-likeness (QED) is 0.816. The zero-order valence-corrected chi connectivity index (χ0v) is 12.0. The van der Waals surface area contributed by atoms with Crippen LogP contribution in [0.5, 0.6) is 0 Å². The summed E-state index contributed by atoms with van der Waals surface area (Å²) in [6.45, 7) is 8.08. The van der Waals surface area contributed by atoms with Gasteiger partial charge >= 0.3 is 0 Å². The molecular formula is C15H29NO. The maximum atomic E-state index is 6.05. The molecule has 1 saturated heterocycles. The van der Waals surface area contributed by atoms with Gasteiger partial charge < -0.3 is 10.1 Å². The van der Waals surface area contributed by atoms with Gasteiger partial charge in [0, 0.05) is 12.6 Å². The lowest BCUT2D eigenvalue weighted by atomic mass is 9.70. The molecule has 1 saturated carbocycles. The number of ether oxygens (including phenoxy) is 1. The van der Waals surface area contributed by atoms with E-state index < -0.39 is 0 Å². The fourth-order valence-corrected chi connectivity index (χ4v) is 4.37. The fourth-order valence-electron chi connectivity index (χ4n) is 4.37. The van der Waals surface area contributed by atoms with Crippen molar-refractivity contribution < 1.29 is 4.74 Å². The van der Waals surface area contributed by atoms with Crippen LogP contribution in [0.15, 0.2) is 0 Å². The van der Waals surface area contributed by atoms with E-state index in [1.807, 2.05) is 0 Å². The van der Waals surface area contributed by atoms with E-state index in [2.05, 4.69) is 33.1 Å². The highest BCUT2D eigenvalue weighted by Crippen LogP contribution is 2.40. The number of likely N-dealkylation sites (N-methyl/N-ethyl adjacent to an activating group) is 1. The van der Waals surface area contributed by atoms with Crippen LogP contribution in [0.4, 0.5) is 0 Å². The predicted octanol–water partition coefficient (Wildman–Crippen LogP) is 3.22. The van der Waals surface area contributed by atoms with Crippen molar-refractivity contribution >= 4 is 0 Å². The third kappa shape index (κ3) is 2.85. The zero-order chi connectivity index (χ0) is 12.5. The van der Waals surface area contributed by atoms with Gasteiger partial charge in [-0.15, -0.1) is 0 Å². The first-order chi connectivity index (χ1) is 8.05. The second-order valence-electron chi connectivity index (χ2n) is 6.71. The van der Waals surface area contributed by atoms with Gasteiger partial charge in [0.25, 0.3) is 0 Å². The molecule has 0 spiro atoms. The summed E-state index contributed by atoms with van der Waals surface area (Å²) in [4.78, 5) is 0. The van der Waals surface area contributed by atoms with Crippen LogP contribution in [0.2, 0.25) is 0 Å². The van der Waals surface area contributed by atoms with E-state index >= 15 is 0 Å². The van der Waals surface area contributed by atoms with Crippen LogP contribution in [0.25, 0.3) is 0 Å². The Morgan fingerprint density at radius 3 is 2.29 bits per heavy atom. The van der Waals surface area contributed by atoms with Gasteiger partial charge in [-0.25, -0.2) is 0 Å². The van der Waals surface area contributed by atoms with Crippen molar-refractivity contribution in [2.75, 3.05) is 13.7 Å². The lowest BCUT2D eigenvalue weighted by Gasteiger charge is -2.43. The molecule has 2 heteroatoms. The minimum absolute atomic E-state index is 0.0796. The lowest BCUT2D eigenvalue weighted by molar-refractivity contribution is -0.0376. The van der Waals surface area contributed by atoms with Crippen molar-refractivity contribution in [1.82, 2.24) is 5.32 Å². The molecule has 17 heavy (non-hydrogen) atoms. The Morgan fingerprint density at radius 1 is 1.18 bits per heavy atom. The fraction of sp³-hybridized carbons (Fsp3) is 1.00. The second-order valence-corrected chi connectivity index (χ2v) is 6.71. The van der Waals surface area contributed by atoms with E-state index in [9.17, 15) is 0 Å². The average Bonchev–Trinajstić information content (AvgIpc) is 2.65. The summed E-state index contributed by atoms with van der Waals surface area (Å²) in [6, 6.07) is 0.537. The largest absolute Gasteiger partial charge is 0.374 e. The van der Waals surface area contributed by atoms with Crippen LogP contribution < -0.4 is 5.32 Å². The van der Waals surface area contributed by atoms with Gasteiger partial charge in [0.15, 0.2) is 0 Å². The van der Waals surface area contributed by atoms with E-state index in [-0.39, 0.29) is 5.60 Å². The van der Waals surface area contributed by atoms with Crippen molar-refractivity contribution in [2.45, 2.75) is 64.5 Å². The molecule has 0 bridgehead atoms. The molecule has 4 atom stereocenters. The van der Waals surface area contributed by atoms with Crippen LogP contribution in [0.3, 0.4) is 0 Å². The molecule has 4 unspecified atom stereocenters. The Morgan fingerprint density at radius 2 is 1.82 bits per heavy atom. The number of hydrogen-bond acceptors (Lipinski definition) is 2. The summed E-state index contributed by atoms with van der Waals surface area (Å²) in [5, 5.41) is 3.57. The smallest absolute Gasteiger partial charge is 0.0810 e. The third-order valence-electron chi connectivity index (χ3n) is 4.90. The van der Waals surface area contributed by atoms with Gasteiger partial charge in [0.05, 0.1) is 5.60 Å². The molecule has 0 aromatic carbocycles. The first-order valence-electron chi connectivity index (χ1n) is 7.36. The minimum Gasteiger partial charge on any atom is -0.374 e. The van der Waals surface area contributed by atoms with Gasteiger partial charge in [0.2, 0.25) is 0 Å². The average molecular weight is 239 g/mol. The molecule has 2 rings (SSSR count). The van der Waals surface area contributed by atoms with E-state index in [0.717, 1.165) is 24.4 Å². The normalized spacial score (nSPS) is 44.8. The molecule has 1 heterocycles. The summed E-state index contributed by atoms with van der Waals surface area (Å²) < 4.78 is 6.05. The highest BCUT2D eigenvalue weighted by molar-refractivity contribution is 4.97. The van der Waals surface area contributed by atoms with Crippen LogP contribution in [0, 0.1) is 17.8 Å². The molecule has 2 nitrogen and oxygen atoms in total. The van der Waals surface area contributed by atoms with E-state index in [4.69, 9.17) is 4.74 Å². The van der Waals surface area contributed by atoms with E-state index in [1.165, 1.54) is 32.1 Å².